The highest BCUT2D eigenvalue weighted by Crippen LogP contribution is 2.39. The maximum absolute atomic E-state index is 14.3. The van der Waals surface area contributed by atoms with Gasteiger partial charge in [0.25, 0.3) is 5.69 Å². The topological polar surface area (TPSA) is 185 Å². The predicted molar refractivity (Wildman–Crippen MR) is 220 cm³/mol. The molecule has 0 unspecified atom stereocenters. The van der Waals surface area contributed by atoms with Crippen LogP contribution in [0.4, 0.5) is 5.69 Å². The van der Waals surface area contributed by atoms with Crippen LogP contribution in [0.25, 0.3) is 22.0 Å². The minimum atomic E-state index is -1.70. The van der Waals surface area contributed by atoms with Gasteiger partial charge in [-0.15, -0.1) is 0 Å². The summed E-state index contributed by atoms with van der Waals surface area (Å²) in [5, 5.41) is 37.0. The number of ether oxygens (including phenoxy) is 3. The Morgan fingerprint density at radius 1 is 0.931 bits per heavy atom. The van der Waals surface area contributed by atoms with Crippen LogP contribution in [-0.2, 0) is 35.9 Å². The molecular weight excluding hydrogens is 768 g/mol. The second-order valence-corrected chi connectivity index (χ2v) is 15.7. The summed E-state index contributed by atoms with van der Waals surface area (Å²) >= 11 is 6.38. The van der Waals surface area contributed by atoms with Gasteiger partial charge in [0, 0.05) is 53.5 Å². The van der Waals surface area contributed by atoms with Gasteiger partial charge in [-0.1, -0.05) is 29.8 Å². The van der Waals surface area contributed by atoms with Crippen LogP contribution in [0.2, 0.25) is 5.02 Å². The van der Waals surface area contributed by atoms with Crippen molar-refractivity contribution >= 4 is 46.1 Å². The zero-order chi connectivity index (χ0) is 42.6. The molecule has 58 heavy (non-hydrogen) atoms. The summed E-state index contributed by atoms with van der Waals surface area (Å²) in [5.41, 5.74) is 4.79. The zero-order valence-corrected chi connectivity index (χ0v) is 34.8. The Kier molecular flexibility index (Phi) is 13.3. The standard InChI is InChI=1S/C43H49ClN4O10/c1-24-20-29(21-25(2)37(24)44)57-18-10-14-31-30-12-9-13-32(35-26(3)45-46(8)27(35)4)38(30)47(39(31)42(53)58-43(5,6)7)16-11-17-56-19-15-28-22-33(40(49)50)36(41(51)52)34(23-28)48(54)55/h9,12-13,20-23H,10-11,14-19H2,1-8H3,(H,49,50)(H,51,52). The Bertz CT molecular complexity index is 2350. The number of aromatic nitrogens is 3. The van der Waals surface area contributed by atoms with Crippen LogP contribution in [-0.4, -0.2) is 72.8 Å². The fourth-order valence-corrected chi connectivity index (χ4v) is 7.40. The van der Waals surface area contributed by atoms with Gasteiger partial charge in [-0.3, -0.25) is 14.8 Å². The van der Waals surface area contributed by atoms with Crippen molar-refractivity contribution in [1.29, 1.82) is 0 Å². The molecule has 5 aromatic rings. The molecule has 0 aliphatic rings. The quantitative estimate of drug-likeness (QED) is 0.0395. The lowest BCUT2D eigenvalue weighted by Gasteiger charge is -2.21. The molecule has 5 rings (SSSR count). The van der Waals surface area contributed by atoms with Crippen molar-refractivity contribution in [3.05, 3.63) is 108 Å². The number of esters is 1. The van der Waals surface area contributed by atoms with E-state index in [-0.39, 0.29) is 25.2 Å². The maximum Gasteiger partial charge on any atom is 0.355 e. The van der Waals surface area contributed by atoms with Crippen molar-refractivity contribution in [2.75, 3.05) is 19.8 Å². The normalized spacial score (nSPS) is 11.6. The minimum absolute atomic E-state index is 0.0746. The average Bonchev–Trinajstić information content (AvgIpc) is 3.59. The summed E-state index contributed by atoms with van der Waals surface area (Å²) in [6, 6.07) is 12.0. The molecule has 0 aliphatic heterocycles. The smallest absolute Gasteiger partial charge is 0.355 e. The number of hydrogen-bond donors (Lipinski definition) is 2. The number of rotatable bonds is 17. The van der Waals surface area contributed by atoms with Crippen molar-refractivity contribution in [2.45, 2.75) is 86.3 Å². The van der Waals surface area contributed by atoms with Crippen LogP contribution in [0.5, 0.6) is 5.75 Å². The Balaban J connectivity index is 1.46. The second-order valence-electron chi connectivity index (χ2n) is 15.3. The minimum Gasteiger partial charge on any atom is -0.494 e. The molecule has 15 heteroatoms. The van der Waals surface area contributed by atoms with Crippen molar-refractivity contribution in [3.63, 3.8) is 0 Å². The molecule has 0 fully saturated rings. The number of nitro groups is 1. The van der Waals surface area contributed by atoms with Gasteiger partial charge in [-0.25, -0.2) is 14.4 Å². The van der Waals surface area contributed by atoms with Crippen LogP contribution in [0.1, 0.15) is 98.5 Å². The molecule has 14 nitrogen and oxygen atoms in total. The number of aromatic carboxylic acids is 2. The van der Waals surface area contributed by atoms with Gasteiger partial charge in [0.05, 0.1) is 34.9 Å². The predicted octanol–water partition coefficient (Wildman–Crippen LogP) is 8.85. The third kappa shape index (κ3) is 9.51. The third-order valence-corrected chi connectivity index (χ3v) is 10.4. The molecule has 0 aliphatic carbocycles. The second kappa shape index (κ2) is 17.8. The van der Waals surface area contributed by atoms with E-state index in [1.54, 1.807) is 0 Å². The maximum atomic E-state index is 14.3. The Morgan fingerprint density at radius 2 is 1.62 bits per heavy atom. The van der Waals surface area contributed by atoms with E-state index in [2.05, 4.69) is 5.10 Å². The molecule has 0 saturated carbocycles. The molecule has 0 bridgehead atoms. The number of nitro benzene ring substituents is 1. The molecule has 0 saturated heterocycles. The van der Waals surface area contributed by atoms with Crippen LogP contribution < -0.4 is 4.74 Å². The number of benzene rings is 3. The van der Waals surface area contributed by atoms with E-state index in [0.29, 0.717) is 43.1 Å². The van der Waals surface area contributed by atoms with E-state index in [4.69, 9.17) is 25.8 Å². The molecule has 0 spiro atoms. The molecular formula is C43H49ClN4O10. The van der Waals surface area contributed by atoms with Crippen molar-refractivity contribution in [1.82, 2.24) is 14.3 Å². The molecule has 308 valence electrons. The lowest BCUT2D eigenvalue weighted by Crippen LogP contribution is -2.26. The van der Waals surface area contributed by atoms with Gasteiger partial charge in [-0.05, 0) is 115 Å². The van der Waals surface area contributed by atoms with Gasteiger partial charge in [0.2, 0.25) is 0 Å². The summed E-state index contributed by atoms with van der Waals surface area (Å²) in [6.07, 6.45) is 1.67. The van der Waals surface area contributed by atoms with Crippen molar-refractivity contribution in [2.24, 2.45) is 7.05 Å². The van der Waals surface area contributed by atoms with Crippen LogP contribution >= 0.6 is 11.6 Å². The first-order valence-corrected chi connectivity index (χ1v) is 19.3. The number of para-hydroxylation sites is 1. The van der Waals surface area contributed by atoms with E-state index in [1.165, 1.54) is 0 Å². The van der Waals surface area contributed by atoms with Gasteiger partial charge in [0.1, 0.15) is 17.0 Å². The zero-order valence-electron chi connectivity index (χ0n) is 34.0. The number of halogens is 1. The molecule has 2 aromatic heterocycles. The first-order valence-electron chi connectivity index (χ1n) is 18.9. The van der Waals surface area contributed by atoms with E-state index in [9.17, 15) is 34.7 Å². The van der Waals surface area contributed by atoms with E-state index in [1.807, 2.05) is 95.1 Å². The van der Waals surface area contributed by atoms with Gasteiger partial charge >= 0.3 is 17.9 Å². The Morgan fingerprint density at radius 3 is 2.21 bits per heavy atom. The Hall–Kier alpha value is -5.73. The van der Waals surface area contributed by atoms with E-state index in [0.717, 1.165) is 68.0 Å². The van der Waals surface area contributed by atoms with E-state index < -0.39 is 45.2 Å². The number of carboxylic acids is 2. The summed E-state index contributed by atoms with van der Waals surface area (Å²) in [5.74, 6) is -3.03. The molecule has 2 N–H and O–H groups in total. The fourth-order valence-electron chi connectivity index (χ4n) is 7.29. The average molecular weight is 817 g/mol. The van der Waals surface area contributed by atoms with Crippen LogP contribution in [0, 0.1) is 37.8 Å². The number of carboxylic acid groups (broad SMARTS) is 2. The van der Waals surface area contributed by atoms with E-state index >= 15 is 0 Å². The lowest BCUT2D eigenvalue weighted by atomic mass is 9.98. The molecule has 0 atom stereocenters. The van der Waals surface area contributed by atoms with Gasteiger partial charge in [0.15, 0.2) is 5.56 Å². The van der Waals surface area contributed by atoms with Crippen molar-refractivity contribution < 1.29 is 43.7 Å². The molecule has 3 aromatic carbocycles. The number of fused-ring (bicyclic) bond motifs is 1. The Labute approximate surface area is 341 Å². The first-order chi connectivity index (χ1) is 27.3. The van der Waals surface area contributed by atoms with Gasteiger partial charge in [-0.2, -0.15) is 5.10 Å². The van der Waals surface area contributed by atoms with Crippen LogP contribution in [0.3, 0.4) is 0 Å². The summed E-state index contributed by atoms with van der Waals surface area (Å²) < 4.78 is 22.0. The number of carbonyl (C=O) groups excluding carboxylic acids is 1. The highest BCUT2D eigenvalue weighted by Gasteiger charge is 2.30. The van der Waals surface area contributed by atoms with Crippen LogP contribution in [0.15, 0.2) is 42.5 Å². The number of carbonyl (C=O) groups is 3. The summed E-state index contributed by atoms with van der Waals surface area (Å²) in [7, 11) is 1.89. The fraction of sp³-hybridized carbons (Fsp3) is 0.395. The molecule has 2 heterocycles. The van der Waals surface area contributed by atoms with Crippen molar-refractivity contribution in [3.8, 4) is 16.9 Å². The highest BCUT2D eigenvalue weighted by atomic mass is 35.5. The number of aryl methyl sites for hydroxylation is 6. The molecule has 0 amide bonds. The summed E-state index contributed by atoms with van der Waals surface area (Å²) in [4.78, 5) is 48.5. The number of nitrogens with zero attached hydrogens (tertiary/aromatic N) is 4. The molecule has 0 radical (unpaired) electrons. The monoisotopic (exact) mass is 816 g/mol. The lowest BCUT2D eigenvalue weighted by molar-refractivity contribution is -0.385. The van der Waals surface area contributed by atoms with Gasteiger partial charge < -0.3 is 29.0 Å². The number of hydrogen-bond acceptors (Lipinski definition) is 9. The highest BCUT2D eigenvalue weighted by molar-refractivity contribution is 6.32. The third-order valence-electron chi connectivity index (χ3n) is 9.83. The first kappa shape index (κ1) is 43.4. The largest absolute Gasteiger partial charge is 0.494 e. The summed E-state index contributed by atoms with van der Waals surface area (Å²) in [6.45, 7) is 14.4. The SMILES string of the molecule is Cc1cc(OCCCc2c(C(=O)OC(C)(C)C)n(CCCOCCc3cc(C(=O)O)c(C(=O)O)c([N+](=O)[O-])c3)c3c(-c4c(C)nn(C)c4C)cccc23)cc(C)c1Cl.